The molecule has 2 aliphatic rings. The lowest BCUT2D eigenvalue weighted by molar-refractivity contribution is -0.274. The highest BCUT2D eigenvalue weighted by Crippen LogP contribution is 2.39. The minimum atomic E-state index is -4.75. The van der Waals surface area contributed by atoms with Gasteiger partial charge in [-0.25, -0.2) is 0 Å². The summed E-state index contributed by atoms with van der Waals surface area (Å²) in [6.07, 6.45) is -6.80. The second kappa shape index (κ2) is 9.83. The second-order valence-corrected chi connectivity index (χ2v) is 9.03. The molecular weight excluding hydrogens is 453 g/mol. The maximum Gasteiger partial charge on any atom is 0.573 e. The zero-order valence-corrected chi connectivity index (χ0v) is 18.8. The van der Waals surface area contributed by atoms with Crippen LogP contribution < -0.4 is 4.74 Å². The Bertz CT molecular complexity index is 1010. The Morgan fingerprint density at radius 1 is 0.971 bits per heavy atom. The molecule has 1 fully saturated rings. The molecular formula is C25H29F3O6. The lowest BCUT2D eigenvalue weighted by Gasteiger charge is -2.41. The van der Waals surface area contributed by atoms with Crippen LogP contribution in [-0.2, 0) is 24.0 Å². The Balaban J connectivity index is 1.69. The summed E-state index contributed by atoms with van der Waals surface area (Å²) in [6, 6.07) is 7.64. The molecule has 0 spiro atoms. The first kappa shape index (κ1) is 24.9. The molecule has 0 radical (unpaired) electrons. The van der Waals surface area contributed by atoms with Crippen LogP contribution in [0.25, 0.3) is 0 Å². The molecule has 4 rings (SSSR count). The Hall–Kier alpha value is -2.17. The van der Waals surface area contributed by atoms with E-state index in [0.29, 0.717) is 12.0 Å². The highest BCUT2D eigenvalue weighted by Gasteiger charge is 2.44. The lowest BCUT2D eigenvalue weighted by Crippen LogP contribution is -2.55. The molecule has 4 N–H and O–H groups in total. The van der Waals surface area contributed by atoms with Crippen LogP contribution in [0.1, 0.15) is 52.3 Å². The van der Waals surface area contributed by atoms with Gasteiger partial charge in [0.25, 0.3) is 0 Å². The van der Waals surface area contributed by atoms with Gasteiger partial charge in [0.05, 0.1) is 6.61 Å². The fourth-order valence-corrected chi connectivity index (χ4v) is 5.07. The van der Waals surface area contributed by atoms with Crippen molar-refractivity contribution >= 4 is 0 Å². The molecule has 0 amide bonds. The summed E-state index contributed by atoms with van der Waals surface area (Å²) in [7, 11) is 0. The number of halogens is 3. The maximum atomic E-state index is 12.5. The van der Waals surface area contributed by atoms with E-state index in [1.807, 2.05) is 13.0 Å². The molecule has 1 aliphatic carbocycles. The third-order valence-electron chi connectivity index (χ3n) is 6.82. The molecule has 6 nitrogen and oxygen atoms in total. The van der Waals surface area contributed by atoms with Gasteiger partial charge in [-0.3, -0.25) is 0 Å². The first-order valence-electron chi connectivity index (χ1n) is 11.4. The van der Waals surface area contributed by atoms with E-state index >= 15 is 0 Å². The minimum Gasteiger partial charge on any atom is -0.406 e. The van der Waals surface area contributed by atoms with E-state index in [-0.39, 0.29) is 5.75 Å². The van der Waals surface area contributed by atoms with Gasteiger partial charge in [0, 0.05) is 0 Å². The molecule has 2 aromatic carbocycles. The predicted molar refractivity (Wildman–Crippen MR) is 116 cm³/mol. The standard InChI is InChI=1S/C25H29F3O6/c1-13-17-4-2-3-5-18(17)15(10-14-6-8-16(9-7-14)34-25(26,27)28)11-19(13)24-23(32)22(31)21(30)20(12-29)33-24/h6-9,11,20-24,29-32H,2-5,10,12H2,1H3/t20-,21+,22+,23+,24+/m1/s1. The Labute approximate surface area is 195 Å². The van der Waals surface area contributed by atoms with Crippen molar-refractivity contribution in [2.75, 3.05) is 6.61 Å². The number of benzene rings is 2. The molecule has 0 saturated carbocycles. The van der Waals surface area contributed by atoms with Crippen molar-refractivity contribution < 1.29 is 43.1 Å². The van der Waals surface area contributed by atoms with Crippen LogP contribution in [0.15, 0.2) is 30.3 Å². The van der Waals surface area contributed by atoms with Crippen molar-refractivity contribution in [2.24, 2.45) is 0 Å². The number of hydrogen-bond acceptors (Lipinski definition) is 6. The van der Waals surface area contributed by atoms with Crippen LogP contribution in [-0.4, -0.2) is 57.8 Å². The third-order valence-corrected chi connectivity index (χ3v) is 6.82. The van der Waals surface area contributed by atoms with Gasteiger partial charge < -0.3 is 29.9 Å². The van der Waals surface area contributed by atoms with Crippen LogP contribution in [0.3, 0.4) is 0 Å². The van der Waals surface area contributed by atoms with E-state index in [2.05, 4.69) is 4.74 Å². The van der Waals surface area contributed by atoms with E-state index < -0.39 is 43.5 Å². The maximum absolute atomic E-state index is 12.5. The molecule has 0 unspecified atom stereocenters. The van der Waals surface area contributed by atoms with Crippen molar-refractivity contribution in [3.8, 4) is 5.75 Å². The van der Waals surface area contributed by atoms with Crippen LogP contribution in [0.2, 0.25) is 0 Å². The number of ether oxygens (including phenoxy) is 2. The van der Waals surface area contributed by atoms with Gasteiger partial charge in [0.1, 0.15) is 36.3 Å². The highest BCUT2D eigenvalue weighted by molar-refractivity contribution is 5.50. The van der Waals surface area contributed by atoms with Gasteiger partial charge >= 0.3 is 6.36 Å². The van der Waals surface area contributed by atoms with E-state index in [1.54, 1.807) is 12.1 Å². The van der Waals surface area contributed by atoms with Crippen LogP contribution >= 0.6 is 0 Å². The molecule has 0 aromatic heterocycles. The summed E-state index contributed by atoms with van der Waals surface area (Å²) in [5.74, 6) is -0.288. The first-order valence-corrected chi connectivity index (χ1v) is 11.4. The largest absolute Gasteiger partial charge is 0.573 e. The van der Waals surface area contributed by atoms with E-state index in [1.165, 1.54) is 17.7 Å². The van der Waals surface area contributed by atoms with Gasteiger partial charge in [-0.15, -0.1) is 13.2 Å². The summed E-state index contributed by atoms with van der Waals surface area (Å²) in [5.41, 5.74) is 5.71. The summed E-state index contributed by atoms with van der Waals surface area (Å²) >= 11 is 0. The molecule has 34 heavy (non-hydrogen) atoms. The number of alkyl halides is 3. The average Bonchev–Trinajstić information content (AvgIpc) is 2.80. The van der Waals surface area contributed by atoms with Crippen LogP contribution in [0, 0.1) is 6.92 Å². The highest BCUT2D eigenvalue weighted by atomic mass is 19.4. The smallest absolute Gasteiger partial charge is 0.406 e. The molecule has 9 heteroatoms. The number of fused-ring (bicyclic) bond motifs is 1. The summed E-state index contributed by atoms with van der Waals surface area (Å²) < 4.78 is 47.2. The quantitative estimate of drug-likeness (QED) is 0.523. The van der Waals surface area contributed by atoms with Crippen molar-refractivity contribution in [1.29, 1.82) is 0 Å². The van der Waals surface area contributed by atoms with Crippen molar-refractivity contribution in [2.45, 2.75) is 75.9 Å². The summed E-state index contributed by atoms with van der Waals surface area (Å²) in [6.45, 7) is 1.43. The second-order valence-electron chi connectivity index (χ2n) is 9.03. The number of rotatable bonds is 5. The van der Waals surface area contributed by atoms with E-state index in [4.69, 9.17) is 4.74 Å². The Kier molecular flexibility index (Phi) is 7.21. The van der Waals surface area contributed by atoms with E-state index in [0.717, 1.165) is 47.9 Å². The molecule has 2 aromatic rings. The number of aliphatic hydroxyl groups is 4. The zero-order chi connectivity index (χ0) is 24.6. The molecule has 0 bridgehead atoms. The van der Waals surface area contributed by atoms with Gasteiger partial charge in [-0.2, -0.15) is 0 Å². The fourth-order valence-electron chi connectivity index (χ4n) is 5.07. The topological polar surface area (TPSA) is 99.4 Å². The van der Waals surface area contributed by atoms with Gasteiger partial charge in [-0.05, 0) is 84.5 Å². The van der Waals surface area contributed by atoms with Crippen LogP contribution in [0.5, 0.6) is 5.75 Å². The molecule has 1 saturated heterocycles. The van der Waals surface area contributed by atoms with Crippen molar-refractivity contribution in [3.05, 3.63) is 63.7 Å². The number of aliphatic hydroxyl groups excluding tert-OH is 4. The lowest BCUT2D eigenvalue weighted by atomic mass is 9.79. The van der Waals surface area contributed by atoms with Crippen LogP contribution in [0.4, 0.5) is 13.2 Å². The van der Waals surface area contributed by atoms with Gasteiger partial charge in [0.2, 0.25) is 0 Å². The summed E-state index contributed by atoms with van der Waals surface area (Å²) in [4.78, 5) is 0. The molecule has 1 aliphatic heterocycles. The normalized spacial score (nSPS) is 27.4. The molecule has 5 atom stereocenters. The Morgan fingerprint density at radius 3 is 2.24 bits per heavy atom. The third kappa shape index (κ3) is 5.08. The van der Waals surface area contributed by atoms with Gasteiger partial charge in [0.15, 0.2) is 0 Å². The Morgan fingerprint density at radius 2 is 1.62 bits per heavy atom. The first-order chi connectivity index (χ1) is 16.1. The SMILES string of the molecule is Cc1c([C@@H]2O[C@H](CO)[C@H](O)[C@H](O)[C@@H]2O)cc(Cc2ccc(OC(F)(F)F)cc2)c2c1CCCC2. The van der Waals surface area contributed by atoms with Gasteiger partial charge in [-0.1, -0.05) is 18.2 Å². The minimum absolute atomic E-state index is 0.288. The van der Waals surface area contributed by atoms with Crippen molar-refractivity contribution in [3.63, 3.8) is 0 Å². The van der Waals surface area contributed by atoms with Crippen molar-refractivity contribution in [1.82, 2.24) is 0 Å². The predicted octanol–water partition coefficient (Wildman–Crippen LogP) is 2.88. The van der Waals surface area contributed by atoms with E-state index in [9.17, 15) is 33.6 Å². The summed E-state index contributed by atoms with van der Waals surface area (Å²) in [5, 5.41) is 40.7. The monoisotopic (exact) mass is 482 g/mol. The average molecular weight is 482 g/mol. The fraction of sp³-hybridized carbons (Fsp3) is 0.520. The zero-order valence-electron chi connectivity index (χ0n) is 18.8. The molecule has 1 heterocycles. The molecule has 186 valence electrons. The number of hydrogen-bond donors (Lipinski definition) is 4.